The van der Waals surface area contributed by atoms with Crippen LogP contribution in [0.5, 0.6) is 0 Å². The molecule has 0 unspecified atom stereocenters. The number of aryl methyl sites for hydroxylation is 1. The van der Waals surface area contributed by atoms with Crippen molar-refractivity contribution in [3.8, 4) is 0 Å². The summed E-state index contributed by atoms with van der Waals surface area (Å²) in [5.74, 6) is 0. The fraction of sp³-hybridized carbons (Fsp3) is 0.700. The normalized spacial score (nSPS) is 10.9. The lowest BCUT2D eigenvalue weighted by Crippen LogP contribution is -2.00. The lowest BCUT2D eigenvalue weighted by Gasteiger charge is -2.00. The van der Waals surface area contributed by atoms with E-state index in [-0.39, 0.29) is 6.61 Å². The van der Waals surface area contributed by atoms with Crippen LogP contribution in [0.4, 0.5) is 0 Å². The Bertz CT molecular complexity index is 313. The van der Waals surface area contributed by atoms with Crippen molar-refractivity contribution in [1.82, 2.24) is 9.78 Å². The van der Waals surface area contributed by atoms with Crippen molar-refractivity contribution < 1.29 is 9.84 Å². The molecule has 0 saturated heterocycles. The number of hydrogen-bond acceptors (Lipinski definition) is 3. The molecule has 0 aliphatic rings. The molecule has 1 N–H and O–H groups in total. The molecule has 0 aromatic carbocycles. The Balaban J connectivity index is 2.87. The fourth-order valence-corrected chi connectivity index (χ4v) is 1.68. The van der Waals surface area contributed by atoms with Crippen molar-refractivity contribution in [3.63, 3.8) is 0 Å². The van der Waals surface area contributed by atoms with Crippen molar-refractivity contribution in [2.75, 3.05) is 7.11 Å². The van der Waals surface area contributed by atoms with E-state index in [1.165, 1.54) is 0 Å². The summed E-state index contributed by atoms with van der Waals surface area (Å²) >= 11 is 6.09. The van der Waals surface area contributed by atoms with Gasteiger partial charge < -0.3 is 9.84 Å². The zero-order valence-electron chi connectivity index (χ0n) is 9.16. The summed E-state index contributed by atoms with van der Waals surface area (Å²) in [4.78, 5) is 0. The molecule has 0 atom stereocenters. The molecule has 1 aromatic heterocycles. The van der Waals surface area contributed by atoms with Gasteiger partial charge in [0.25, 0.3) is 0 Å². The molecule has 1 aromatic rings. The summed E-state index contributed by atoms with van der Waals surface area (Å²) in [7, 11) is 1.60. The van der Waals surface area contributed by atoms with E-state index in [1.807, 2.05) is 0 Å². The summed E-state index contributed by atoms with van der Waals surface area (Å²) in [6, 6.07) is 0. The standard InChI is InChI=1S/C10H17ClN2O2/c1-3-4-5-13-10(11)8(6-14)9(12-13)7-15-2/h14H,3-7H2,1-2H3. The molecule has 0 amide bonds. The third-order valence-corrected chi connectivity index (χ3v) is 2.65. The smallest absolute Gasteiger partial charge is 0.132 e. The van der Waals surface area contributed by atoms with Gasteiger partial charge in [-0.2, -0.15) is 5.10 Å². The van der Waals surface area contributed by atoms with E-state index in [2.05, 4.69) is 12.0 Å². The molecule has 0 radical (unpaired) electrons. The van der Waals surface area contributed by atoms with Gasteiger partial charge in [-0.15, -0.1) is 0 Å². The molecule has 0 bridgehead atoms. The maximum atomic E-state index is 9.17. The Morgan fingerprint density at radius 2 is 2.27 bits per heavy atom. The molecule has 15 heavy (non-hydrogen) atoms. The van der Waals surface area contributed by atoms with E-state index < -0.39 is 0 Å². The van der Waals surface area contributed by atoms with E-state index in [1.54, 1.807) is 11.8 Å². The summed E-state index contributed by atoms with van der Waals surface area (Å²) in [6.45, 7) is 3.19. The number of aromatic nitrogens is 2. The van der Waals surface area contributed by atoms with Crippen LogP contribution in [0.15, 0.2) is 0 Å². The minimum atomic E-state index is -0.0936. The molecule has 4 nitrogen and oxygen atoms in total. The number of methoxy groups -OCH3 is 1. The molecule has 0 aliphatic carbocycles. The third-order valence-electron chi connectivity index (χ3n) is 2.23. The van der Waals surface area contributed by atoms with Gasteiger partial charge >= 0.3 is 0 Å². The Hall–Kier alpha value is -0.580. The first kappa shape index (κ1) is 12.5. The number of unbranched alkanes of at least 4 members (excludes halogenated alkanes) is 1. The summed E-state index contributed by atoms with van der Waals surface area (Å²) < 4.78 is 6.72. The average molecular weight is 233 g/mol. The zero-order valence-corrected chi connectivity index (χ0v) is 9.92. The first-order valence-electron chi connectivity index (χ1n) is 5.08. The molecule has 0 saturated carbocycles. The van der Waals surface area contributed by atoms with E-state index in [9.17, 15) is 5.11 Å². The second-order valence-corrected chi connectivity index (χ2v) is 3.74. The number of rotatable bonds is 6. The molecule has 5 heteroatoms. The van der Waals surface area contributed by atoms with Gasteiger partial charge in [0.05, 0.1) is 18.9 Å². The highest BCUT2D eigenvalue weighted by Gasteiger charge is 2.14. The molecule has 86 valence electrons. The van der Waals surface area contributed by atoms with Gasteiger partial charge in [-0.3, -0.25) is 4.68 Å². The summed E-state index contributed by atoms with van der Waals surface area (Å²) in [6.07, 6.45) is 2.11. The van der Waals surface area contributed by atoms with Crippen molar-refractivity contribution >= 4 is 11.6 Å². The SMILES string of the molecule is CCCCn1nc(COC)c(CO)c1Cl. The van der Waals surface area contributed by atoms with Crippen LogP contribution < -0.4 is 0 Å². The highest BCUT2D eigenvalue weighted by Crippen LogP contribution is 2.21. The largest absolute Gasteiger partial charge is 0.391 e. The number of hydrogen-bond donors (Lipinski definition) is 1. The number of halogens is 1. The summed E-state index contributed by atoms with van der Waals surface area (Å²) in [5, 5.41) is 14.0. The minimum absolute atomic E-state index is 0.0936. The Labute approximate surface area is 94.8 Å². The van der Waals surface area contributed by atoms with Crippen molar-refractivity contribution in [1.29, 1.82) is 0 Å². The van der Waals surface area contributed by atoms with E-state index in [0.717, 1.165) is 25.1 Å². The zero-order chi connectivity index (χ0) is 11.3. The Morgan fingerprint density at radius 1 is 1.53 bits per heavy atom. The number of aliphatic hydroxyl groups excluding tert-OH is 1. The van der Waals surface area contributed by atoms with Crippen LogP contribution in [0, 0.1) is 0 Å². The second-order valence-electron chi connectivity index (χ2n) is 3.38. The first-order valence-corrected chi connectivity index (χ1v) is 5.46. The van der Waals surface area contributed by atoms with Gasteiger partial charge in [-0.05, 0) is 6.42 Å². The van der Waals surface area contributed by atoms with Crippen LogP contribution in [0.3, 0.4) is 0 Å². The quantitative estimate of drug-likeness (QED) is 0.816. The Morgan fingerprint density at radius 3 is 2.80 bits per heavy atom. The maximum absolute atomic E-state index is 9.17. The maximum Gasteiger partial charge on any atom is 0.132 e. The second kappa shape index (κ2) is 6.10. The molecule has 0 fully saturated rings. The third kappa shape index (κ3) is 2.93. The van der Waals surface area contributed by atoms with Gasteiger partial charge in [0.15, 0.2) is 0 Å². The van der Waals surface area contributed by atoms with Gasteiger partial charge in [0.1, 0.15) is 5.15 Å². The molecular formula is C10H17ClN2O2. The van der Waals surface area contributed by atoms with E-state index in [4.69, 9.17) is 16.3 Å². The van der Waals surface area contributed by atoms with Gasteiger partial charge in [0.2, 0.25) is 0 Å². The Kier molecular flexibility index (Phi) is 5.08. The van der Waals surface area contributed by atoms with Crippen LogP contribution in [0.1, 0.15) is 31.0 Å². The van der Waals surface area contributed by atoms with Crippen molar-refractivity contribution in [2.45, 2.75) is 39.5 Å². The lowest BCUT2D eigenvalue weighted by atomic mass is 10.3. The number of aliphatic hydroxyl groups is 1. The monoisotopic (exact) mass is 232 g/mol. The fourth-order valence-electron chi connectivity index (χ4n) is 1.39. The highest BCUT2D eigenvalue weighted by molar-refractivity contribution is 6.30. The minimum Gasteiger partial charge on any atom is -0.391 e. The lowest BCUT2D eigenvalue weighted by molar-refractivity contribution is 0.177. The van der Waals surface area contributed by atoms with Gasteiger partial charge in [0, 0.05) is 19.2 Å². The molecular weight excluding hydrogens is 216 g/mol. The molecule has 0 spiro atoms. The van der Waals surface area contributed by atoms with Crippen LogP contribution in [-0.4, -0.2) is 22.0 Å². The van der Waals surface area contributed by atoms with Crippen LogP contribution in [0.25, 0.3) is 0 Å². The van der Waals surface area contributed by atoms with E-state index in [0.29, 0.717) is 17.3 Å². The van der Waals surface area contributed by atoms with Gasteiger partial charge in [-0.1, -0.05) is 24.9 Å². The molecule has 1 heterocycles. The van der Waals surface area contributed by atoms with Crippen molar-refractivity contribution in [2.24, 2.45) is 0 Å². The number of nitrogens with zero attached hydrogens (tertiary/aromatic N) is 2. The van der Waals surface area contributed by atoms with Crippen LogP contribution in [0.2, 0.25) is 5.15 Å². The van der Waals surface area contributed by atoms with Crippen LogP contribution >= 0.6 is 11.6 Å². The summed E-state index contributed by atoms with van der Waals surface area (Å²) in [5.41, 5.74) is 1.40. The first-order chi connectivity index (χ1) is 7.24. The molecule has 1 rings (SSSR count). The number of ether oxygens (including phenoxy) is 1. The predicted octanol–water partition coefficient (Wildman–Crippen LogP) is 1.98. The molecule has 0 aliphatic heterocycles. The topological polar surface area (TPSA) is 47.3 Å². The highest BCUT2D eigenvalue weighted by atomic mass is 35.5. The van der Waals surface area contributed by atoms with E-state index >= 15 is 0 Å². The average Bonchev–Trinajstić information content (AvgIpc) is 2.52. The van der Waals surface area contributed by atoms with Crippen molar-refractivity contribution in [3.05, 3.63) is 16.4 Å². The van der Waals surface area contributed by atoms with Crippen LogP contribution in [-0.2, 0) is 24.5 Å². The van der Waals surface area contributed by atoms with Gasteiger partial charge in [-0.25, -0.2) is 0 Å². The predicted molar refractivity (Wildman–Crippen MR) is 58.8 cm³/mol.